The van der Waals surface area contributed by atoms with Gasteiger partial charge < -0.3 is 5.32 Å². The van der Waals surface area contributed by atoms with Crippen LogP contribution in [-0.2, 0) is 17.6 Å². The molecule has 0 saturated carbocycles. The van der Waals surface area contributed by atoms with Gasteiger partial charge in [-0.25, -0.2) is 0 Å². The number of rotatable bonds is 1. The molecule has 3 aromatic rings. The van der Waals surface area contributed by atoms with Gasteiger partial charge in [-0.05, 0) is 52.3 Å². The van der Waals surface area contributed by atoms with Crippen LogP contribution in [0.25, 0.3) is 11.6 Å². The number of carbonyl (C=O) groups is 1. The number of hydrogen-bond acceptors (Lipinski definition) is 1. The van der Waals surface area contributed by atoms with Gasteiger partial charge >= 0.3 is 0 Å². The smallest absolute Gasteiger partial charge is 0.236 e. The van der Waals surface area contributed by atoms with Gasteiger partial charge in [0.2, 0.25) is 5.91 Å². The van der Waals surface area contributed by atoms with Gasteiger partial charge in [-0.15, -0.1) is 0 Å². The van der Waals surface area contributed by atoms with E-state index in [1.54, 1.807) is 0 Å². The SMILES string of the molecule is C1=Cc2ccccc2C1.O=C1Nc2ccccc2C1C1=CCc2ccccc21. The molecule has 3 aliphatic rings. The first kappa shape index (κ1) is 16.8. The van der Waals surface area contributed by atoms with Crippen molar-refractivity contribution >= 4 is 23.2 Å². The molecule has 2 nitrogen and oxygen atoms in total. The van der Waals surface area contributed by atoms with Crippen LogP contribution in [-0.4, -0.2) is 5.91 Å². The fourth-order valence-electron chi connectivity index (χ4n) is 4.30. The third kappa shape index (κ3) is 2.87. The van der Waals surface area contributed by atoms with Crippen LogP contribution < -0.4 is 5.32 Å². The van der Waals surface area contributed by atoms with E-state index >= 15 is 0 Å². The molecule has 6 rings (SSSR count). The number of benzene rings is 3. The van der Waals surface area contributed by atoms with Gasteiger partial charge in [0, 0.05) is 5.69 Å². The minimum absolute atomic E-state index is 0.0872. The molecule has 0 radical (unpaired) electrons. The second-order valence-corrected chi connectivity index (χ2v) is 7.34. The molecule has 0 spiro atoms. The quantitative estimate of drug-likeness (QED) is 0.597. The van der Waals surface area contributed by atoms with Crippen LogP contribution in [0.3, 0.4) is 0 Å². The van der Waals surface area contributed by atoms with E-state index in [0.29, 0.717) is 0 Å². The molecule has 0 bridgehead atoms. The minimum atomic E-state index is -0.153. The summed E-state index contributed by atoms with van der Waals surface area (Å²) in [5.41, 5.74) is 8.57. The third-order valence-electron chi connectivity index (χ3n) is 5.66. The van der Waals surface area contributed by atoms with Crippen molar-refractivity contribution in [3.05, 3.63) is 113 Å². The summed E-state index contributed by atoms with van der Waals surface area (Å²) in [6.45, 7) is 0. The van der Waals surface area contributed by atoms with Crippen molar-refractivity contribution in [1.82, 2.24) is 0 Å². The number of fused-ring (bicyclic) bond motifs is 3. The highest BCUT2D eigenvalue weighted by molar-refractivity contribution is 6.11. The molecule has 1 N–H and O–H groups in total. The van der Waals surface area contributed by atoms with E-state index in [-0.39, 0.29) is 11.8 Å². The van der Waals surface area contributed by atoms with E-state index in [9.17, 15) is 4.79 Å². The van der Waals surface area contributed by atoms with E-state index in [0.717, 1.165) is 29.7 Å². The first-order chi connectivity index (χ1) is 13.8. The van der Waals surface area contributed by atoms with Crippen LogP contribution >= 0.6 is 0 Å². The maximum absolute atomic E-state index is 12.3. The second-order valence-electron chi connectivity index (χ2n) is 7.34. The van der Waals surface area contributed by atoms with Gasteiger partial charge in [0.05, 0.1) is 5.92 Å². The highest BCUT2D eigenvalue weighted by Gasteiger charge is 2.35. The number of para-hydroxylation sites is 1. The van der Waals surface area contributed by atoms with Crippen molar-refractivity contribution < 1.29 is 4.79 Å². The number of hydrogen-bond donors (Lipinski definition) is 1. The summed E-state index contributed by atoms with van der Waals surface area (Å²) >= 11 is 0. The van der Waals surface area contributed by atoms with E-state index in [1.165, 1.54) is 22.3 Å². The Hall–Kier alpha value is -3.39. The summed E-state index contributed by atoms with van der Waals surface area (Å²) in [4.78, 5) is 12.3. The third-order valence-corrected chi connectivity index (χ3v) is 5.66. The Morgan fingerprint density at radius 2 is 1.54 bits per heavy atom. The average molecular weight is 363 g/mol. The van der Waals surface area contributed by atoms with Crippen LogP contribution in [0.5, 0.6) is 0 Å². The van der Waals surface area contributed by atoms with E-state index in [4.69, 9.17) is 0 Å². The van der Waals surface area contributed by atoms with Crippen LogP contribution in [0.2, 0.25) is 0 Å². The lowest BCUT2D eigenvalue weighted by Crippen LogP contribution is -2.13. The number of anilines is 1. The zero-order valence-electron chi connectivity index (χ0n) is 15.6. The Morgan fingerprint density at radius 1 is 0.786 bits per heavy atom. The Labute approximate surface area is 165 Å². The summed E-state index contributed by atoms with van der Waals surface area (Å²) in [7, 11) is 0. The molecule has 1 heterocycles. The van der Waals surface area contributed by atoms with Gasteiger partial charge in [-0.2, -0.15) is 0 Å². The van der Waals surface area contributed by atoms with Crippen LogP contribution in [0.4, 0.5) is 5.69 Å². The molecule has 2 heteroatoms. The Balaban J connectivity index is 0.000000158. The average Bonchev–Trinajstić information content (AvgIpc) is 3.44. The van der Waals surface area contributed by atoms with Gasteiger partial charge in [0.1, 0.15) is 0 Å². The predicted molar refractivity (Wildman–Crippen MR) is 115 cm³/mol. The van der Waals surface area contributed by atoms with Gasteiger partial charge in [-0.1, -0.05) is 85.0 Å². The van der Waals surface area contributed by atoms with Crippen LogP contribution in [0.15, 0.2) is 84.9 Å². The molecule has 0 saturated heterocycles. The molecule has 3 aromatic carbocycles. The Morgan fingerprint density at radius 3 is 2.43 bits per heavy atom. The molecule has 2 aliphatic carbocycles. The molecule has 1 aliphatic heterocycles. The van der Waals surface area contributed by atoms with Crippen LogP contribution in [0, 0.1) is 0 Å². The largest absolute Gasteiger partial charge is 0.325 e. The number of carbonyl (C=O) groups excluding carboxylic acids is 1. The second kappa shape index (κ2) is 6.97. The first-order valence-electron chi connectivity index (χ1n) is 9.74. The first-order valence-corrected chi connectivity index (χ1v) is 9.74. The number of allylic oxidation sites excluding steroid dienone is 2. The lowest BCUT2D eigenvalue weighted by molar-refractivity contribution is -0.115. The highest BCUT2D eigenvalue weighted by Crippen LogP contribution is 2.44. The summed E-state index contributed by atoms with van der Waals surface area (Å²) in [6.07, 6.45) is 8.62. The lowest BCUT2D eigenvalue weighted by Gasteiger charge is -2.12. The van der Waals surface area contributed by atoms with Crippen molar-refractivity contribution in [2.45, 2.75) is 18.8 Å². The topological polar surface area (TPSA) is 29.1 Å². The van der Waals surface area contributed by atoms with E-state index in [1.807, 2.05) is 30.3 Å². The van der Waals surface area contributed by atoms with E-state index in [2.05, 4.69) is 66.0 Å². The lowest BCUT2D eigenvalue weighted by atomic mass is 9.89. The van der Waals surface area contributed by atoms with Crippen molar-refractivity contribution in [3.63, 3.8) is 0 Å². The molecule has 1 amide bonds. The molecule has 0 aromatic heterocycles. The van der Waals surface area contributed by atoms with Gasteiger partial charge in [0.25, 0.3) is 0 Å². The maximum Gasteiger partial charge on any atom is 0.236 e. The Kier molecular flexibility index (Phi) is 4.17. The van der Waals surface area contributed by atoms with Crippen molar-refractivity contribution in [3.8, 4) is 0 Å². The molecule has 136 valence electrons. The fourth-order valence-corrected chi connectivity index (χ4v) is 4.30. The maximum atomic E-state index is 12.3. The molecule has 28 heavy (non-hydrogen) atoms. The summed E-state index contributed by atoms with van der Waals surface area (Å²) in [5.74, 6) is -0.0657. The summed E-state index contributed by atoms with van der Waals surface area (Å²) in [6, 6.07) is 24.8. The molecule has 1 unspecified atom stereocenters. The van der Waals surface area contributed by atoms with Crippen molar-refractivity contribution in [2.75, 3.05) is 5.32 Å². The van der Waals surface area contributed by atoms with Crippen LogP contribution in [0.1, 0.15) is 33.7 Å². The standard InChI is InChI=1S/C17H13NO.C9H8/c19-17-16(14-7-3-4-8-15(14)18-17)13-10-9-11-5-1-2-6-12(11)13;1-2-5-9-7-3-6-8(9)4-1/h1-8,10,16H,9H2,(H,18,19);1-6H,7H2. The van der Waals surface area contributed by atoms with Crippen molar-refractivity contribution in [1.29, 1.82) is 0 Å². The number of amides is 1. The minimum Gasteiger partial charge on any atom is -0.325 e. The molecule has 1 atom stereocenters. The van der Waals surface area contributed by atoms with Gasteiger partial charge in [-0.3, -0.25) is 4.79 Å². The normalized spacial score (nSPS) is 17.8. The van der Waals surface area contributed by atoms with Gasteiger partial charge in [0.15, 0.2) is 0 Å². The van der Waals surface area contributed by atoms with E-state index < -0.39 is 0 Å². The zero-order valence-corrected chi connectivity index (χ0v) is 15.6. The summed E-state index contributed by atoms with van der Waals surface area (Å²) in [5, 5.41) is 2.98. The summed E-state index contributed by atoms with van der Waals surface area (Å²) < 4.78 is 0. The fraction of sp³-hybridized carbons (Fsp3) is 0.115. The molecular formula is C26H21NO. The zero-order chi connectivity index (χ0) is 18.9. The Bertz CT molecular complexity index is 1120. The monoisotopic (exact) mass is 363 g/mol. The molecular weight excluding hydrogens is 342 g/mol. The van der Waals surface area contributed by atoms with Crippen molar-refractivity contribution in [2.24, 2.45) is 0 Å². The molecule has 0 fully saturated rings. The predicted octanol–water partition coefficient (Wildman–Crippen LogP) is 5.62. The number of nitrogens with one attached hydrogen (secondary N) is 1. The highest BCUT2D eigenvalue weighted by atomic mass is 16.2.